The molecular formula is C15H23N3O2. The molecule has 1 rings (SSSR count). The molecule has 1 aromatic carbocycles. The average Bonchev–Trinajstić information content (AvgIpc) is 2.45. The number of hydrogen-bond donors (Lipinski definition) is 3. The van der Waals surface area contributed by atoms with Crippen LogP contribution in [0.2, 0.25) is 0 Å². The molecule has 0 heterocycles. The van der Waals surface area contributed by atoms with Crippen molar-refractivity contribution < 1.29 is 9.59 Å². The number of hydrogen-bond acceptors (Lipinski definition) is 3. The van der Waals surface area contributed by atoms with Crippen molar-refractivity contribution >= 4 is 11.8 Å². The van der Waals surface area contributed by atoms with Crippen LogP contribution >= 0.6 is 0 Å². The van der Waals surface area contributed by atoms with Crippen LogP contribution in [0.3, 0.4) is 0 Å². The van der Waals surface area contributed by atoms with Crippen LogP contribution in [-0.2, 0) is 11.2 Å². The van der Waals surface area contributed by atoms with Gasteiger partial charge in [0.25, 0.3) is 5.91 Å². The van der Waals surface area contributed by atoms with Crippen LogP contribution in [0.15, 0.2) is 24.3 Å². The molecule has 0 bridgehead atoms. The largest absolute Gasteiger partial charge is 0.355 e. The molecule has 0 aromatic heterocycles. The summed E-state index contributed by atoms with van der Waals surface area (Å²) in [6.45, 7) is 4.16. The highest BCUT2D eigenvalue weighted by molar-refractivity contribution is 5.94. The fourth-order valence-electron chi connectivity index (χ4n) is 1.74. The van der Waals surface area contributed by atoms with Gasteiger partial charge in [-0.15, -0.1) is 0 Å². The van der Waals surface area contributed by atoms with Gasteiger partial charge in [-0.3, -0.25) is 9.59 Å². The van der Waals surface area contributed by atoms with E-state index in [1.165, 1.54) is 0 Å². The number of carbonyl (C=O) groups excluding carboxylic acids is 2. The molecule has 4 N–H and O–H groups in total. The normalized spacial score (nSPS) is 13.4. The summed E-state index contributed by atoms with van der Waals surface area (Å²) in [4.78, 5) is 23.3. The minimum Gasteiger partial charge on any atom is -0.355 e. The summed E-state index contributed by atoms with van der Waals surface area (Å²) in [5, 5.41) is 5.44. The topological polar surface area (TPSA) is 84.2 Å². The maximum absolute atomic E-state index is 11.7. The summed E-state index contributed by atoms with van der Waals surface area (Å²) in [6.07, 6.45) is 0.683. The van der Waals surface area contributed by atoms with E-state index in [4.69, 9.17) is 5.73 Å². The molecule has 110 valence electrons. The highest BCUT2D eigenvalue weighted by Crippen LogP contribution is 2.06. The molecule has 2 unspecified atom stereocenters. The zero-order valence-electron chi connectivity index (χ0n) is 12.3. The van der Waals surface area contributed by atoms with E-state index < -0.39 is 0 Å². The van der Waals surface area contributed by atoms with E-state index in [1.807, 2.05) is 32.0 Å². The van der Waals surface area contributed by atoms with Crippen LogP contribution in [0.1, 0.15) is 29.8 Å². The first kappa shape index (κ1) is 16.2. The van der Waals surface area contributed by atoms with Crippen LogP contribution < -0.4 is 16.4 Å². The van der Waals surface area contributed by atoms with Crippen molar-refractivity contribution in [3.63, 3.8) is 0 Å². The fraction of sp³-hybridized carbons (Fsp3) is 0.467. The number of nitrogens with two attached hydrogens (primary N) is 1. The molecule has 20 heavy (non-hydrogen) atoms. The zero-order chi connectivity index (χ0) is 15.1. The number of benzene rings is 1. The standard InChI is InChI=1S/C15H23N3O2/c1-10(11(2)16)14(19)18-8-7-12-5-4-6-13(9-12)15(20)17-3/h4-6,9-11H,7-8,16H2,1-3H3,(H,17,20)(H,18,19). The highest BCUT2D eigenvalue weighted by atomic mass is 16.2. The van der Waals surface area contributed by atoms with Crippen LogP contribution in [0.5, 0.6) is 0 Å². The summed E-state index contributed by atoms with van der Waals surface area (Å²) in [7, 11) is 1.60. The third-order valence-electron chi connectivity index (χ3n) is 3.33. The third-order valence-corrected chi connectivity index (χ3v) is 3.33. The molecule has 1 aromatic rings. The van der Waals surface area contributed by atoms with Gasteiger partial charge in [-0.05, 0) is 31.0 Å². The summed E-state index contributed by atoms with van der Waals surface area (Å²) in [5.74, 6) is -0.351. The van der Waals surface area contributed by atoms with Crippen molar-refractivity contribution in [1.29, 1.82) is 0 Å². The SMILES string of the molecule is CNC(=O)c1cccc(CCNC(=O)C(C)C(C)N)c1. The molecule has 0 saturated carbocycles. The van der Waals surface area contributed by atoms with Gasteiger partial charge in [0, 0.05) is 31.1 Å². The highest BCUT2D eigenvalue weighted by Gasteiger charge is 2.16. The Kier molecular flexibility index (Phi) is 6.18. The minimum absolute atomic E-state index is 0.0394. The van der Waals surface area contributed by atoms with Crippen molar-refractivity contribution in [1.82, 2.24) is 10.6 Å². The molecule has 0 aliphatic heterocycles. The van der Waals surface area contributed by atoms with Crippen molar-refractivity contribution in [3.8, 4) is 0 Å². The van der Waals surface area contributed by atoms with Crippen molar-refractivity contribution in [3.05, 3.63) is 35.4 Å². The van der Waals surface area contributed by atoms with Crippen LogP contribution in [-0.4, -0.2) is 31.4 Å². The fourth-order valence-corrected chi connectivity index (χ4v) is 1.74. The summed E-state index contributed by atoms with van der Waals surface area (Å²) >= 11 is 0. The average molecular weight is 277 g/mol. The lowest BCUT2D eigenvalue weighted by atomic mass is 10.0. The Morgan fingerprint density at radius 2 is 2.00 bits per heavy atom. The molecule has 5 nitrogen and oxygen atoms in total. The van der Waals surface area contributed by atoms with Crippen LogP contribution in [0.25, 0.3) is 0 Å². The molecular weight excluding hydrogens is 254 g/mol. The predicted molar refractivity (Wildman–Crippen MR) is 79.4 cm³/mol. The van der Waals surface area contributed by atoms with Crippen LogP contribution in [0.4, 0.5) is 0 Å². The Bertz CT molecular complexity index is 472. The summed E-state index contributed by atoms with van der Waals surface area (Å²) in [6, 6.07) is 7.21. The van der Waals surface area contributed by atoms with Crippen molar-refractivity contribution in [2.24, 2.45) is 11.7 Å². The summed E-state index contributed by atoms with van der Waals surface area (Å²) < 4.78 is 0. The quantitative estimate of drug-likeness (QED) is 0.715. The predicted octanol–water partition coefficient (Wildman–Crippen LogP) is 0.688. The Morgan fingerprint density at radius 3 is 2.60 bits per heavy atom. The monoisotopic (exact) mass is 277 g/mol. The maximum atomic E-state index is 11.7. The summed E-state index contributed by atoms with van der Waals surface area (Å²) in [5.41, 5.74) is 7.32. The molecule has 0 aliphatic rings. The van der Waals surface area contributed by atoms with E-state index in [-0.39, 0.29) is 23.8 Å². The Hall–Kier alpha value is -1.88. The van der Waals surface area contributed by atoms with Crippen molar-refractivity contribution in [2.45, 2.75) is 26.3 Å². The van der Waals surface area contributed by atoms with Gasteiger partial charge in [0.1, 0.15) is 0 Å². The van der Waals surface area contributed by atoms with Gasteiger partial charge in [0.05, 0.1) is 0 Å². The number of rotatable bonds is 6. The van der Waals surface area contributed by atoms with Gasteiger partial charge in [-0.25, -0.2) is 0 Å². The van der Waals surface area contributed by atoms with E-state index in [1.54, 1.807) is 13.1 Å². The molecule has 0 spiro atoms. The van der Waals surface area contributed by atoms with E-state index in [9.17, 15) is 9.59 Å². The van der Waals surface area contributed by atoms with Gasteiger partial charge >= 0.3 is 0 Å². The van der Waals surface area contributed by atoms with Gasteiger partial charge in [0.2, 0.25) is 5.91 Å². The molecule has 2 amide bonds. The van der Waals surface area contributed by atoms with Gasteiger partial charge in [-0.1, -0.05) is 19.1 Å². The lowest BCUT2D eigenvalue weighted by Gasteiger charge is -2.15. The second kappa shape index (κ2) is 7.65. The second-order valence-electron chi connectivity index (χ2n) is 4.97. The van der Waals surface area contributed by atoms with Gasteiger partial charge in [0.15, 0.2) is 0 Å². The third kappa shape index (κ3) is 4.66. The Morgan fingerprint density at radius 1 is 1.30 bits per heavy atom. The van der Waals surface area contributed by atoms with Gasteiger partial charge in [-0.2, -0.15) is 0 Å². The lowest BCUT2D eigenvalue weighted by Crippen LogP contribution is -2.39. The van der Waals surface area contributed by atoms with Crippen LogP contribution in [0, 0.1) is 5.92 Å². The minimum atomic E-state index is -0.202. The van der Waals surface area contributed by atoms with E-state index in [0.29, 0.717) is 18.5 Å². The first-order valence-electron chi connectivity index (χ1n) is 6.80. The van der Waals surface area contributed by atoms with E-state index >= 15 is 0 Å². The van der Waals surface area contributed by atoms with E-state index in [2.05, 4.69) is 10.6 Å². The first-order valence-corrected chi connectivity index (χ1v) is 6.80. The molecule has 0 radical (unpaired) electrons. The lowest BCUT2D eigenvalue weighted by molar-refractivity contribution is -0.124. The molecule has 0 fully saturated rings. The zero-order valence-corrected chi connectivity index (χ0v) is 12.3. The van der Waals surface area contributed by atoms with E-state index in [0.717, 1.165) is 5.56 Å². The molecule has 5 heteroatoms. The maximum Gasteiger partial charge on any atom is 0.251 e. The number of carbonyl (C=O) groups is 2. The molecule has 0 saturated heterocycles. The molecule has 2 atom stereocenters. The smallest absolute Gasteiger partial charge is 0.251 e. The number of amides is 2. The molecule has 0 aliphatic carbocycles. The van der Waals surface area contributed by atoms with Gasteiger partial charge < -0.3 is 16.4 Å². The number of nitrogens with one attached hydrogen (secondary N) is 2. The van der Waals surface area contributed by atoms with Crippen molar-refractivity contribution in [2.75, 3.05) is 13.6 Å². The Balaban J connectivity index is 2.50. The Labute approximate surface area is 119 Å². The first-order chi connectivity index (χ1) is 9.45. The second-order valence-corrected chi connectivity index (χ2v) is 4.97.